The normalized spacial score (nSPS) is 14.3. The van der Waals surface area contributed by atoms with Crippen molar-refractivity contribution in [2.45, 2.75) is 39.0 Å². The van der Waals surface area contributed by atoms with Crippen molar-refractivity contribution in [2.24, 2.45) is 10.9 Å². The molecule has 7 heteroatoms. The van der Waals surface area contributed by atoms with Gasteiger partial charge in [0.2, 0.25) is 0 Å². The van der Waals surface area contributed by atoms with E-state index in [0.29, 0.717) is 12.1 Å². The van der Waals surface area contributed by atoms with Crippen LogP contribution in [0.5, 0.6) is 0 Å². The molecule has 1 rings (SSSR count). The SMILES string of the molecule is Cc1cc(/C(N)=N/O)ccc1CNC(C)CC(F)(F)F. The molecule has 20 heavy (non-hydrogen) atoms. The highest BCUT2D eigenvalue weighted by molar-refractivity contribution is 5.97. The Morgan fingerprint density at radius 3 is 2.60 bits per heavy atom. The Morgan fingerprint density at radius 1 is 1.45 bits per heavy atom. The van der Waals surface area contributed by atoms with Gasteiger partial charge in [0.05, 0.1) is 6.42 Å². The Labute approximate surface area is 115 Å². The van der Waals surface area contributed by atoms with Crippen molar-refractivity contribution in [2.75, 3.05) is 0 Å². The second-order valence-electron chi connectivity index (χ2n) is 4.73. The topological polar surface area (TPSA) is 70.6 Å². The van der Waals surface area contributed by atoms with Gasteiger partial charge in [0, 0.05) is 18.2 Å². The van der Waals surface area contributed by atoms with Crippen LogP contribution < -0.4 is 11.1 Å². The van der Waals surface area contributed by atoms with Gasteiger partial charge in [-0.1, -0.05) is 17.3 Å². The van der Waals surface area contributed by atoms with Gasteiger partial charge >= 0.3 is 6.18 Å². The lowest BCUT2D eigenvalue weighted by Gasteiger charge is -2.17. The van der Waals surface area contributed by atoms with Crippen molar-refractivity contribution in [1.29, 1.82) is 0 Å². The smallest absolute Gasteiger partial charge is 0.390 e. The zero-order valence-electron chi connectivity index (χ0n) is 11.3. The van der Waals surface area contributed by atoms with Gasteiger partial charge in [-0.2, -0.15) is 13.2 Å². The molecule has 0 saturated heterocycles. The maximum atomic E-state index is 12.2. The van der Waals surface area contributed by atoms with Gasteiger partial charge in [0.15, 0.2) is 5.84 Å². The highest BCUT2D eigenvalue weighted by Gasteiger charge is 2.29. The maximum absolute atomic E-state index is 12.2. The number of hydrogen-bond acceptors (Lipinski definition) is 3. The molecule has 4 N–H and O–H groups in total. The molecule has 1 atom stereocenters. The number of amidine groups is 1. The molecule has 1 unspecified atom stereocenters. The van der Waals surface area contributed by atoms with Gasteiger partial charge < -0.3 is 16.3 Å². The van der Waals surface area contributed by atoms with Crippen LogP contribution in [-0.4, -0.2) is 23.3 Å². The number of oxime groups is 1. The Kier molecular flexibility index (Phi) is 5.38. The monoisotopic (exact) mass is 289 g/mol. The average molecular weight is 289 g/mol. The van der Waals surface area contributed by atoms with Crippen LogP contribution in [-0.2, 0) is 6.54 Å². The minimum Gasteiger partial charge on any atom is -0.409 e. The minimum atomic E-state index is -4.17. The summed E-state index contributed by atoms with van der Waals surface area (Å²) in [6.07, 6.45) is -5.04. The van der Waals surface area contributed by atoms with E-state index in [-0.39, 0.29) is 5.84 Å². The molecule has 0 saturated carbocycles. The first-order valence-corrected chi connectivity index (χ1v) is 6.10. The van der Waals surface area contributed by atoms with Gasteiger partial charge in [0.1, 0.15) is 0 Å². The molecule has 0 fully saturated rings. The first-order valence-electron chi connectivity index (χ1n) is 6.10. The number of benzene rings is 1. The van der Waals surface area contributed by atoms with Crippen molar-refractivity contribution in [3.63, 3.8) is 0 Å². The lowest BCUT2D eigenvalue weighted by molar-refractivity contribution is -0.139. The van der Waals surface area contributed by atoms with Gasteiger partial charge in [-0.05, 0) is 31.0 Å². The van der Waals surface area contributed by atoms with E-state index in [1.165, 1.54) is 6.92 Å². The van der Waals surface area contributed by atoms with E-state index in [1.807, 2.05) is 6.92 Å². The largest absolute Gasteiger partial charge is 0.409 e. The van der Waals surface area contributed by atoms with Crippen LogP contribution in [0.25, 0.3) is 0 Å². The van der Waals surface area contributed by atoms with Crippen LogP contribution in [0.15, 0.2) is 23.4 Å². The average Bonchev–Trinajstić information content (AvgIpc) is 2.34. The maximum Gasteiger partial charge on any atom is 0.390 e. The van der Waals surface area contributed by atoms with Crippen LogP contribution in [0.1, 0.15) is 30.0 Å². The first kappa shape index (κ1) is 16.3. The third-order valence-electron chi connectivity index (χ3n) is 2.92. The molecule has 4 nitrogen and oxygen atoms in total. The predicted molar refractivity (Wildman–Crippen MR) is 70.7 cm³/mol. The summed E-state index contributed by atoms with van der Waals surface area (Å²) in [5.74, 6) is -0.00181. The Morgan fingerprint density at radius 2 is 2.10 bits per heavy atom. The minimum absolute atomic E-state index is 0.00181. The number of nitrogens with two attached hydrogens (primary N) is 1. The van der Waals surface area contributed by atoms with E-state index in [0.717, 1.165) is 11.1 Å². The number of rotatable bonds is 5. The Hall–Kier alpha value is -1.76. The van der Waals surface area contributed by atoms with Gasteiger partial charge in [-0.3, -0.25) is 0 Å². The molecule has 112 valence electrons. The first-order chi connectivity index (χ1) is 9.23. The molecule has 0 heterocycles. The fourth-order valence-corrected chi connectivity index (χ4v) is 1.81. The molecular weight excluding hydrogens is 271 g/mol. The molecule has 0 aliphatic carbocycles. The van der Waals surface area contributed by atoms with Crippen molar-refractivity contribution in [3.05, 3.63) is 34.9 Å². The summed E-state index contributed by atoms with van der Waals surface area (Å²) in [6, 6.07) is 4.47. The van der Waals surface area contributed by atoms with Gasteiger partial charge in [0.25, 0.3) is 0 Å². The standard InChI is InChI=1S/C13H18F3N3O/c1-8-5-10(12(17)19-20)3-4-11(8)7-18-9(2)6-13(14,15)16/h3-5,9,18,20H,6-7H2,1-2H3,(H2,17,19). The Balaban J connectivity index is 2.66. The fraction of sp³-hybridized carbons (Fsp3) is 0.462. The number of halogens is 3. The fourth-order valence-electron chi connectivity index (χ4n) is 1.81. The molecule has 0 aliphatic heterocycles. The Bertz CT molecular complexity index is 486. The summed E-state index contributed by atoms with van der Waals surface area (Å²) in [4.78, 5) is 0. The highest BCUT2D eigenvalue weighted by atomic mass is 19.4. The number of alkyl halides is 3. The van der Waals surface area contributed by atoms with Crippen LogP contribution in [0.3, 0.4) is 0 Å². The molecule has 0 spiro atoms. The summed E-state index contributed by atoms with van der Waals surface area (Å²) < 4.78 is 36.6. The van der Waals surface area contributed by atoms with E-state index in [2.05, 4.69) is 10.5 Å². The zero-order chi connectivity index (χ0) is 15.3. The molecule has 0 bridgehead atoms. The summed E-state index contributed by atoms with van der Waals surface area (Å²) in [7, 11) is 0. The molecule has 0 aromatic heterocycles. The molecule has 0 aliphatic rings. The molecular formula is C13H18F3N3O. The number of nitrogens with zero attached hydrogens (tertiary/aromatic N) is 1. The van der Waals surface area contributed by atoms with E-state index in [9.17, 15) is 13.2 Å². The molecule has 1 aromatic rings. The third-order valence-corrected chi connectivity index (χ3v) is 2.92. The van der Waals surface area contributed by atoms with E-state index in [1.54, 1.807) is 18.2 Å². The van der Waals surface area contributed by atoms with Crippen LogP contribution in [0.2, 0.25) is 0 Å². The van der Waals surface area contributed by atoms with Crippen molar-refractivity contribution in [1.82, 2.24) is 5.32 Å². The third kappa shape index (κ3) is 5.08. The van der Waals surface area contributed by atoms with Crippen molar-refractivity contribution >= 4 is 5.84 Å². The van der Waals surface area contributed by atoms with Crippen LogP contribution in [0.4, 0.5) is 13.2 Å². The van der Waals surface area contributed by atoms with Crippen LogP contribution >= 0.6 is 0 Å². The lowest BCUT2D eigenvalue weighted by atomic mass is 10.0. The second kappa shape index (κ2) is 6.60. The molecule has 0 amide bonds. The summed E-state index contributed by atoms with van der Waals surface area (Å²) in [5.41, 5.74) is 7.76. The highest BCUT2D eigenvalue weighted by Crippen LogP contribution is 2.21. The van der Waals surface area contributed by atoms with Gasteiger partial charge in [-0.25, -0.2) is 0 Å². The second-order valence-corrected chi connectivity index (χ2v) is 4.73. The summed E-state index contributed by atoms with van der Waals surface area (Å²) >= 11 is 0. The quantitative estimate of drug-likeness (QED) is 0.337. The molecule has 1 aromatic carbocycles. The number of hydrogen-bond donors (Lipinski definition) is 3. The zero-order valence-corrected chi connectivity index (χ0v) is 11.3. The number of nitrogens with one attached hydrogen (secondary N) is 1. The van der Waals surface area contributed by atoms with E-state index >= 15 is 0 Å². The van der Waals surface area contributed by atoms with E-state index < -0.39 is 18.6 Å². The summed E-state index contributed by atoms with van der Waals surface area (Å²) in [6.45, 7) is 3.65. The molecule has 0 radical (unpaired) electrons. The lowest BCUT2D eigenvalue weighted by Crippen LogP contribution is -2.31. The van der Waals surface area contributed by atoms with Crippen molar-refractivity contribution < 1.29 is 18.4 Å². The summed E-state index contributed by atoms with van der Waals surface area (Å²) in [5, 5.41) is 14.3. The van der Waals surface area contributed by atoms with Crippen LogP contribution in [0, 0.1) is 6.92 Å². The predicted octanol–water partition coefficient (Wildman–Crippen LogP) is 2.52. The number of aryl methyl sites for hydroxylation is 1. The van der Waals surface area contributed by atoms with Gasteiger partial charge in [-0.15, -0.1) is 0 Å². The van der Waals surface area contributed by atoms with Crippen molar-refractivity contribution in [3.8, 4) is 0 Å². The van der Waals surface area contributed by atoms with E-state index in [4.69, 9.17) is 10.9 Å².